The van der Waals surface area contributed by atoms with Gasteiger partial charge in [0.1, 0.15) is 6.61 Å². The lowest BCUT2D eigenvalue weighted by Gasteiger charge is -2.08. The summed E-state index contributed by atoms with van der Waals surface area (Å²) in [6.45, 7) is 2.24. The summed E-state index contributed by atoms with van der Waals surface area (Å²) in [5, 5.41) is 9.65. The van der Waals surface area contributed by atoms with Crippen molar-refractivity contribution in [1.82, 2.24) is 4.98 Å². The molecule has 1 aromatic carbocycles. The lowest BCUT2D eigenvalue weighted by atomic mass is 10.1. The molecule has 0 bridgehead atoms. The van der Waals surface area contributed by atoms with Crippen molar-refractivity contribution in [3.8, 4) is 5.88 Å². The van der Waals surface area contributed by atoms with E-state index in [-0.39, 0.29) is 11.6 Å². The average molecular weight is 246 g/mol. The number of nitrogens with two attached hydrogens (primary N) is 1. The normalized spacial score (nSPS) is 12.3. The first-order chi connectivity index (χ1) is 8.56. The van der Waals surface area contributed by atoms with E-state index in [0.29, 0.717) is 18.0 Å². The molecule has 0 saturated heterocycles. The number of nitrogens with zero attached hydrogens (tertiary/aromatic N) is 1. The third-order valence-corrected chi connectivity index (χ3v) is 2.40. The monoisotopic (exact) mass is 246 g/mol. The van der Waals surface area contributed by atoms with E-state index in [9.17, 15) is 4.79 Å². The highest BCUT2D eigenvalue weighted by Crippen LogP contribution is 2.18. The Kier molecular flexibility index (Phi) is 3.43. The minimum absolute atomic E-state index is 0.0584. The van der Waals surface area contributed by atoms with Crippen LogP contribution in [0.4, 0.5) is 0 Å². The highest BCUT2D eigenvalue weighted by Gasteiger charge is 2.05. The number of rotatable bonds is 4. The van der Waals surface area contributed by atoms with Gasteiger partial charge in [-0.3, -0.25) is 0 Å². The molecule has 1 atom stereocenters. The van der Waals surface area contributed by atoms with Crippen LogP contribution in [0, 0.1) is 0 Å². The quantitative estimate of drug-likeness (QED) is 0.856. The van der Waals surface area contributed by atoms with Crippen LogP contribution in [0.25, 0.3) is 10.9 Å². The van der Waals surface area contributed by atoms with Gasteiger partial charge in [0, 0.05) is 17.5 Å². The molecule has 1 heterocycles. The van der Waals surface area contributed by atoms with Gasteiger partial charge in [0.25, 0.3) is 0 Å². The maximum atomic E-state index is 10.8. The lowest BCUT2D eigenvalue weighted by Crippen LogP contribution is -2.23. The maximum absolute atomic E-state index is 10.8. The minimum Gasteiger partial charge on any atom is -0.478 e. The number of pyridine rings is 1. The molecule has 0 aliphatic heterocycles. The van der Waals surface area contributed by atoms with E-state index in [1.54, 1.807) is 24.3 Å². The zero-order chi connectivity index (χ0) is 13.1. The summed E-state index contributed by atoms with van der Waals surface area (Å²) in [5.74, 6) is -0.461. The second-order valence-electron chi connectivity index (χ2n) is 4.15. The summed E-state index contributed by atoms with van der Waals surface area (Å²) in [6, 6.07) is 8.20. The fourth-order valence-electron chi connectivity index (χ4n) is 1.54. The van der Waals surface area contributed by atoms with Crippen LogP contribution in [0.15, 0.2) is 30.3 Å². The number of benzene rings is 1. The van der Waals surface area contributed by atoms with Gasteiger partial charge in [0.2, 0.25) is 5.88 Å². The predicted molar refractivity (Wildman–Crippen MR) is 67.8 cm³/mol. The van der Waals surface area contributed by atoms with Gasteiger partial charge in [-0.05, 0) is 31.2 Å². The van der Waals surface area contributed by atoms with Crippen LogP contribution in [0.2, 0.25) is 0 Å². The summed E-state index contributed by atoms with van der Waals surface area (Å²) >= 11 is 0. The number of ether oxygens (including phenoxy) is 1. The van der Waals surface area contributed by atoms with Gasteiger partial charge >= 0.3 is 5.97 Å². The van der Waals surface area contributed by atoms with Crippen molar-refractivity contribution in [2.24, 2.45) is 5.73 Å². The third kappa shape index (κ3) is 2.75. The van der Waals surface area contributed by atoms with Crippen molar-refractivity contribution in [2.45, 2.75) is 13.0 Å². The Hall–Kier alpha value is -2.14. The molecule has 0 radical (unpaired) electrons. The number of carboxylic acid groups (broad SMARTS) is 1. The van der Waals surface area contributed by atoms with Gasteiger partial charge < -0.3 is 15.6 Å². The highest BCUT2D eigenvalue weighted by atomic mass is 16.5. The minimum atomic E-state index is -0.950. The number of carbonyl (C=O) groups is 1. The van der Waals surface area contributed by atoms with Crippen molar-refractivity contribution in [3.63, 3.8) is 0 Å². The van der Waals surface area contributed by atoms with Crippen molar-refractivity contribution >= 4 is 16.9 Å². The maximum Gasteiger partial charge on any atom is 0.335 e. The Morgan fingerprint density at radius 2 is 2.22 bits per heavy atom. The molecule has 1 unspecified atom stereocenters. The summed E-state index contributed by atoms with van der Waals surface area (Å²) in [6.07, 6.45) is 0. The Labute approximate surface area is 104 Å². The summed E-state index contributed by atoms with van der Waals surface area (Å²) in [7, 11) is 0. The molecule has 0 spiro atoms. The molecule has 2 rings (SSSR count). The summed E-state index contributed by atoms with van der Waals surface area (Å²) in [5.41, 5.74) is 6.53. The molecule has 18 heavy (non-hydrogen) atoms. The molecular weight excluding hydrogens is 232 g/mol. The molecule has 2 aromatic rings. The molecule has 0 saturated carbocycles. The first-order valence-electron chi connectivity index (χ1n) is 5.59. The van der Waals surface area contributed by atoms with E-state index in [1.807, 2.05) is 6.92 Å². The van der Waals surface area contributed by atoms with E-state index in [4.69, 9.17) is 15.6 Å². The number of hydrogen-bond acceptors (Lipinski definition) is 4. The van der Waals surface area contributed by atoms with E-state index in [0.717, 1.165) is 5.39 Å². The molecule has 94 valence electrons. The van der Waals surface area contributed by atoms with Crippen LogP contribution in [0.5, 0.6) is 5.88 Å². The van der Waals surface area contributed by atoms with E-state index >= 15 is 0 Å². The third-order valence-electron chi connectivity index (χ3n) is 2.40. The van der Waals surface area contributed by atoms with Crippen molar-refractivity contribution in [1.29, 1.82) is 0 Å². The number of aromatic carboxylic acids is 1. The van der Waals surface area contributed by atoms with Gasteiger partial charge in [-0.25, -0.2) is 9.78 Å². The van der Waals surface area contributed by atoms with Crippen LogP contribution >= 0.6 is 0 Å². The molecule has 0 amide bonds. The zero-order valence-corrected chi connectivity index (χ0v) is 9.96. The molecular formula is C13H14N2O3. The van der Waals surface area contributed by atoms with Gasteiger partial charge in [-0.1, -0.05) is 0 Å². The molecule has 5 nitrogen and oxygen atoms in total. The SMILES string of the molecule is CC(N)COc1ccc2cc(C(=O)O)ccc2n1. The van der Waals surface area contributed by atoms with E-state index in [2.05, 4.69) is 4.98 Å². The van der Waals surface area contributed by atoms with Crippen LogP contribution < -0.4 is 10.5 Å². The van der Waals surface area contributed by atoms with Gasteiger partial charge in [-0.15, -0.1) is 0 Å². The summed E-state index contributed by atoms with van der Waals surface area (Å²) in [4.78, 5) is 15.1. The average Bonchev–Trinajstić information content (AvgIpc) is 2.35. The number of carboxylic acids is 1. The van der Waals surface area contributed by atoms with E-state index in [1.165, 1.54) is 6.07 Å². The Morgan fingerprint density at radius 3 is 2.89 bits per heavy atom. The fraction of sp³-hybridized carbons (Fsp3) is 0.231. The van der Waals surface area contributed by atoms with Crippen molar-refractivity contribution < 1.29 is 14.6 Å². The zero-order valence-electron chi connectivity index (χ0n) is 9.96. The second kappa shape index (κ2) is 5.01. The van der Waals surface area contributed by atoms with E-state index < -0.39 is 5.97 Å². The highest BCUT2D eigenvalue weighted by molar-refractivity contribution is 5.93. The van der Waals surface area contributed by atoms with Gasteiger partial charge in [0.05, 0.1) is 11.1 Å². The first kappa shape index (κ1) is 12.3. The second-order valence-corrected chi connectivity index (χ2v) is 4.15. The summed E-state index contributed by atoms with van der Waals surface area (Å²) < 4.78 is 5.40. The molecule has 0 aliphatic rings. The van der Waals surface area contributed by atoms with Crippen molar-refractivity contribution in [2.75, 3.05) is 6.61 Å². The Morgan fingerprint density at radius 1 is 1.44 bits per heavy atom. The Bertz CT molecular complexity index is 581. The first-order valence-corrected chi connectivity index (χ1v) is 5.59. The molecule has 5 heteroatoms. The number of aromatic nitrogens is 1. The van der Waals surface area contributed by atoms with Gasteiger partial charge in [0.15, 0.2) is 0 Å². The van der Waals surface area contributed by atoms with Crippen molar-refractivity contribution in [3.05, 3.63) is 35.9 Å². The molecule has 1 aromatic heterocycles. The topological polar surface area (TPSA) is 85.4 Å². The standard InChI is InChI=1S/C13H14N2O3/c1-8(14)7-18-12-5-3-9-6-10(13(16)17)2-4-11(9)15-12/h2-6,8H,7,14H2,1H3,(H,16,17). The molecule has 3 N–H and O–H groups in total. The van der Waals surface area contributed by atoms with Gasteiger partial charge in [-0.2, -0.15) is 0 Å². The number of hydrogen-bond donors (Lipinski definition) is 2. The molecule has 0 fully saturated rings. The lowest BCUT2D eigenvalue weighted by molar-refractivity contribution is 0.0697. The largest absolute Gasteiger partial charge is 0.478 e. The smallest absolute Gasteiger partial charge is 0.335 e. The Balaban J connectivity index is 2.29. The van der Waals surface area contributed by atoms with Crippen LogP contribution in [0.3, 0.4) is 0 Å². The predicted octanol–water partition coefficient (Wildman–Crippen LogP) is 1.66. The molecule has 0 aliphatic carbocycles. The van der Waals surface area contributed by atoms with Crippen LogP contribution in [-0.2, 0) is 0 Å². The van der Waals surface area contributed by atoms with Crippen LogP contribution in [0.1, 0.15) is 17.3 Å². The number of fused-ring (bicyclic) bond motifs is 1. The van der Waals surface area contributed by atoms with Crippen LogP contribution in [-0.4, -0.2) is 28.7 Å². The fourth-order valence-corrected chi connectivity index (χ4v) is 1.54.